The number of amides is 2. The maximum Gasteiger partial charge on any atom is 0.300 e. The Labute approximate surface area is 124 Å². The molecule has 4 atom stereocenters. The van der Waals surface area contributed by atoms with E-state index >= 15 is 0 Å². The molecular weight excluding hydrogens is 296 g/mol. The van der Waals surface area contributed by atoms with Crippen LogP contribution in [0.5, 0.6) is 0 Å². The molecule has 4 unspecified atom stereocenters. The molecular formula is C14H13F2N3O3. The number of allylic oxidation sites excluding steroid dienone is 2. The molecule has 1 aliphatic heterocycles. The molecule has 0 radical (unpaired) electrons. The number of hydrogen-bond donors (Lipinski definition) is 0. The number of aromatic nitrogens is 2. The van der Waals surface area contributed by atoms with Crippen molar-refractivity contribution < 1.29 is 22.9 Å². The van der Waals surface area contributed by atoms with Gasteiger partial charge in [-0.25, -0.2) is 8.78 Å². The highest BCUT2D eigenvalue weighted by Crippen LogP contribution is 2.49. The van der Waals surface area contributed by atoms with Crippen LogP contribution in [0, 0.1) is 23.7 Å². The third-order valence-electron chi connectivity index (χ3n) is 4.82. The van der Waals surface area contributed by atoms with Crippen LogP contribution in [0.3, 0.4) is 0 Å². The average molecular weight is 309 g/mol. The predicted octanol–water partition coefficient (Wildman–Crippen LogP) is 1.70. The lowest BCUT2D eigenvalue weighted by molar-refractivity contribution is -0.141. The number of imide groups is 1. The van der Waals surface area contributed by atoms with E-state index in [-0.39, 0.29) is 47.9 Å². The van der Waals surface area contributed by atoms with Crippen molar-refractivity contribution in [2.75, 3.05) is 0 Å². The summed E-state index contributed by atoms with van der Waals surface area (Å²) in [7, 11) is 0. The Morgan fingerprint density at radius 3 is 2.23 bits per heavy atom. The quantitative estimate of drug-likeness (QED) is 0.627. The summed E-state index contributed by atoms with van der Waals surface area (Å²) in [6.07, 6.45) is 3.01. The molecule has 2 bridgehead atoms. The molecule has 5 rings (SSSR count). The van der Waals surface area contributed by atoms with Gasteiger partial charge in [0, 0.05) is 0 Å². The van der Waals surface area contributed by atoms with Crippen LogP contribution >= 0.6 is 0 Å². The Hall–Kier alpha value is -2.12. The fraction of sp³-hybridized carbons (Fsp3) is 0.571. The second-order valence-electron chi connectivity index (χ2n) is 5.95. The molecule has 1 saturated carbocycles. The van der Waals surface area contributed by atoms with Crippen LogP contribution < -0.4 is 0 Å². The van der Waals surface area contributed by atoms with Gasteiger partial charge in [-0.2, -0.15) is 4.98 Å². The molecule has 4 aliphatic rings. The lowest BCUT2D eigenvalue weighted by atomic mass is 9.63. The van der Waals surface area contributed by atoms with Gasteiger partial charge < -0.3 is 4.52 Å². The Morgan fingerprint density at radius 2 is 1.77 bits per heavy atom. The van der Waals surface area contributed by atoms with Crippen LogP contribution in [0.2, 0.25) is 0 Å². The number of carbonyl (C=O) groups is 2. The van der Waals surface area contributed by atoms with Crippen molar-refractivity contribution in [1.29, 1.82) is 0 Å². The van der Waals surface area contributed by atoms with Crippen molar-refractivity contribution in [3.05, 3.63) is 23.9 Å². The Bertz CT molecular complexity index is 640. The Morgan fingerprint density at radius 1 is 1.18 bits per heavy atom. The van der Waals surface area contributed by atoms with Crippen LogP contribution in [0.1, 0.15) is 31.0 Å². The van der Waals surface area contributed by atoms with Gasteiger partial charge in [0.15, 0.2) is 0 Å². The number of alkyl halides is 2. The number of halogens is 2. The van der Waals surface area contributed by atoms with Crippen LogP contribution in [-0.4, -0.2) is 26.9 Å². The molecule has 0 N–H and O–H groups in total. The average Bonchev–Trinajstić information content (AvgIpc) is 3.09. The minimum atomic E-state index is -2.84. The van der Waals surface area contributed by atoms with E-state index < -0.39 is 12.2 Å². The number of nitrogens with zero attached hydrogens (tertiary/aromatic N) is 3. The largest absolute Gasteiger partial charge is 0.337 e. The molecule has 6 nitrogen and oxygen atoms in total. The summed E-state index contributed by atoms with van der Waals surface area (Å²) >= 11 is 0. The van der Waals surface area contributed by atoms with Crippen molar-refractivity contribution in [2.45, 2.75) is 25.8 Å². The Balaban J connectivity index is 1.58. The van der Waals surface area contributed by atoms with Gasteiger partial charge in [0.1, 0.15) is 6.54 Å². The van der Waals surface area contributed by atoms with Gasteiger partial charge >= 0.3 is 6.43 Å². The molecule has 8 heteroatoms. The Kier molecular flexibility index (Phi) is 2.88. The number of fused-ring (bicyclic) bond motifs is 1. The minimum absolute atomic E-state index is 0.0933. The molecule has 0 aromatic carbocycles. The monoisotopic (exact) mass is 309 g/mol. The molecule has 2 heterocycles. The van der Waals surface area contributed by atoms with E-state index in [2.05, 4.69) is 10.1 Å². The number of carbonyl (C=O) groups excluding carboxylic acids is 2. The van der Waals surface area contributed by atoms with E-state index in [0.717, 1.165) is 17.7 Å². The van der Waals surface area contributed by atoms with E-state index in [1.807, 2.05) is 12.2 Å². The predicted molar refractivity (Wildman–Crippen MR) is 67.1 cm³/mol. The number of likely N-dealkylation sites (tertiary alicyclic amines) is 1. The molecule has 0 spiro atoms. The van der Waals surface area contributed by atoms with E-state index in [0.29, 0.717) is 0 Å². The van der Waals surface area contributed by atoms with Crippen LogP contribution in [0.25, 0.3) is 0 Å². The topological polar surface area (TPSA) is 76.3 Å². The molecule has 1 saturated heterocycles. The third-order valence-corrected chi connectivity index (χ3v) is 4.82. The van der Waals surface area contributed by atoms with Crippen LogP contribution in [0.15, 0.2) is 16.7 Å². The van der Waals surface area contributed by atoms with Gasteiger partial charge in [-0.05, 0) is 24.7 Å². The first-order valence-electron chi connectivity index (χ1n) is 7.20. The first-order valence-corrected chi connectivity index (χ1v) is 7.20. The van der Waals surface area contributed by atoms with Gasteiger partial charge in [0.25, 0.3) is 0 Å². The van der Waals surface area contributed by atoms with E-state index in [4.69, 9.17) is 4.52 Å². The zero-order valence-electron chi connectivity index (χ0n) is 11.5. The van der Waals surface area contributed by atoms with Crippen molar-refractivity contribution in [3.8, 4) is 0 Å². The summed E-state index contributed by atoms with van der Waals surface area (Å²) in [5.41, 5.74) is 0. The molecule has 2 amide bonds. The van der Waals surface area contributed by atoms with Gasteiger partial charge in [-0.15, -0.1) is 0 Å². The van der Waals surface area contributed by atoms with E-state index in [1.54, 1.807) is 0 Å². The highest BCUT2D eigenvalue weighted by molar-refractivity contribution is 6.05. The lowest BCUT2D eigenvalue weighted by Gasteiger charge is -2.38. The molecule has 116 valence electrons. The number of hydrogen-bond acceptors (Lipinski definition) is 5. The summed E-state index contributed by atoms with van der Waals surface area (Å²) in [5.74, 6) is -1.85. The van der Waals surface area contributed by atoms with E-state index in [9.17, 15) is 18.4 Å². The molecule has 2 fully saturated rings. The van der Waals surface area contributed by atoms with Crippen molar-refractivity contribution in [1.82, 2.24) is 15.0 Å². The zero-order chi connectivity index (χ0) is 15.4. The maximum absolute atomic E-state index is 12.5. The highest BCUT2D eigenvalue weighted by atomic mass is 19.3. The van der Waals surface area contributed by atoms with Gasteiger partial charge in [0.2, 0.25) is 23.5 Å². The van der Waals surface area contributed by atoms with Gasteiger partial charge in [-0.1, -0.05) is 17.3 Å². The SMILES string of the molecule is O=C1C2C3C=CC(CC3)C2C(=O)N1Cc1nc(C(F)F)no1. The standard InChI is InChI=1S/C14H13F2N3O3/c15-11(16)12-17-8(22-18-12)5-19-13(20)9-6-1-2-7(4-3-6)10(9)14(19)21/h1-2,6-7,9-11H,3-5H2. The smallest absolute Gasteiger partial charge is 0.300 e. The third kappa shape index (κ3) is 1.82. The van der Waals surface area contributed by atoms with Crippen molar-refractivity contribution in [2.24, 2.45) is 23.7 Å². The maximum atomic E-state index is 12.5. The molecule has 3 aliphatic carbocycles. The van der Waals surface area contributed by atoms with Crippen LogP contribution in [-0.2, 0) is 16.1 Å². The summed E-state index contributed by atoms with van der Waals surface area (Å²) in [6, 6.07) is 0. The summed E-state index contributed by atoms with van der Waals surface area (Å²) < 4.78 is 29.6. The minimum Gasteiger partial charge on any atom is -0.337 e. The first-order chi connectivity index (χ1) is 10.6. The van der Waals surface area contributed by atoms with Crippen molar-refractivity contribution >= 4 is 11.8 Å². The van der Waals surface area contributed by atoms with Crippen LogP contribution in [0.4, 0.5) is 8.78 Å². The molecule has 22 heavy (non-hydrogen) atoms. The second kappa shape index (κ2) is 4.69. The zero-order valence-corrected chi connectivity index (χ0v) is 11.5. The summed E-state index contributed by atoms with van der Waals surface area (Å²) in [6.45, 7) is -0.232. The first kappa shape index (κ1) is 13.5. The highest BCUT2D eigenvalue weighted by Gasteiger charge is 2.56. The summed E-state index contributed by atoms with van der Waals surface area (Å²) in [4.78, 5) is 29.6. The normalized spacial score (nSPS) is 33.1. The lowest BCUT2D eigenvalue weighted by Crippen LogP contribution is -2.38. The summed E-state index contributed by atoms with van der Waals surface area (Å²) in [5, 5.41) is 3.14. The molecule has 1 aromatic rings. The second-order valence-corrected chi connectivity index (χ2v) is 5.95. The fourth-order valence-electron chi connectivity index (χ4n) is 3.85. The van der Waals surface area contributed by atoms with Gasteiger partial charge in [-0.3, -0.25) is 14.5 Å². The number of rotatable bonds is 3. The fourth-order valence-corrected chi connectivity index (χ4v) is 3.85. The van der Waals surface area contributed by atoms with E-state index in [1.165, 1.54) is 0 Å². The van der Waals surface area contributed by atoms with Gasteiger partial charge in [0.05, 0.1) is 11.8 Å². The molecule has 1 aromatic heterocycles. The van der Waals surface area contributed by atoms with Crippen molar-refractivity contribution in [3.63, 3.8) is 0 Å².